The van der Waals surface area contributed by atoms with E-state index in [9.17, 15) is 0 Å². The van der Waals surface area contributed by atoms with Gasteiger partial charge in [-0.2, -0.15) is 0 Å². The highest BCUT2D eigenvalue weighted by atomic mass is 14.5. The van der Waals surface area contributed by atoms with Crippen LogP contribution in [0, 0.1) is 0 Å². The lowest BCUT2D eigenvalue weighted by molar-refractivity contribution is 0.589. The zero-order valence-corrected chi connectivity index (χ0v) is 12.1. The van der Waals surface area contributed by atoms with E-state index in [2.05, 4.69) is 69.3 Å². The molecule has 19 heavy (non-hydrogen) atoms. The Labute approximate surface area is 116 Å². The van der Waals surface area contributed by atoms with Crippen LogP contribution in [0.1, 0.15) is 43.4 Å². The topological polar surface area (TPSA) is 26.0 Å². The van der Waals surface area contributed by atoms with E-state index in [-0.39, 0.29) is 11.3 Å². The van der Waals surface area contributed by atoms with E-state index in [1.54, 1.807) is 0 Å². The van der Waals surface area contributed by atoms with Crippen LogP contribution < -0.4 is 5.73 Å². The molecule has 0 spiro atoms. The third-order valence-corrected chi connectivity index (χ3v) is 3.62. The Balaban J connectivity index is 2.30. The maximum Gasteiger partial charge on any atom is 0.0212 e. The van der Waals surface area contributed by atoms with Gasteiger partial charge in [-0.1, -0.05) is 75.4 Å². The van der Waals surface area contributed by atoms with Gasteiger partial charge in [0.15, 0.2) is 0 Å². The molecule has 0 amide bonds. The molecule has 0 saturated heterocycles. The van der Waals surface area contributed by atoms with Gasteiger partial charge >= 0.3 is 0 Å². The van der Waals surface area contributed by atoms with Gasteiger partial charge < -0.3 is 5.73 Å². The molecule has 1 atom stereocenters. The summed E-state index contributed by atoms with van der Waals surface area (Å²) in [6, 6.07) is 19.4. The van der Waals surface area contributed by atoms with E-state index in [0.717, 1.165) is 0 Å². The first-order valence-corrected chi connectivity index (χ1v) is 6.88. The SMILES string of the molecule is CC(C)(C)c1ccc(C(CN)c2ccccc2)cc1. The minimum absolute atomic E-state index is 0.198. The standard InChI is InChI=1S/C18H23N/c1-18(2,3)16-11-9-15(10-12-16)17(13-19)14-7-5-4-6-8-14/h4-12,17H,13,19H2,1-3H3. The summed E-state index contributed by atoms with van der Waals surface area (Å²) < 4.78 is 0. The van der Waals surface area contributed by atoms with E-state index in [1.165, 1.54) is 16.7 Å². The van der Waals surface area contributed by atoms with E-state index in [4.69, 9.17) is 5.73 Å². The Kier molecular flexibility index (Phi) is 4.06. The van der Waals surface area contributed by atoms with Crippen molar-refractivity contribution in [3.05, 3.63) is 71.3 Å². The summed E-state index contributed by atoms with van der Waals surface area (Å²) in [5.41, 5.74) is 10.1. The average molecular weight is 253 g/mol. The summed E-state index contributed by atoms with van der Waals surface area (Å²) in [7, 11) is 0. The molecule has 0 radical (unpaired) electrons. The summed E-state index contributed by atoms with van der Waals surface area (Å²) in [5.74, 6) is 0.287. The molecule has 2 aromatic carbocycles. The highest BCUT2D eigenvalue weighted by Crippen LogP contribution is 2.27. The molecule has 2 aromatic rings. The van der Waals surface area contributed by atoms with E-state index in [1.807, 2.05) is 6.07 Å². The van der Waals surface area contributed by atoms with Gasteiger partial charge in [-0.15, -0.1) is 0 Å². The van der Waals surface area contributed by atoms with Crippen molar-refractivity contribution >= 4 is 0 Å². The fourth-order valence-electron chi connectivity index (χ4n) is 2.37. The van der Waals surface area contributed by atoms with Gasteiger partial charge in [0.2, 0.25) is 0 Å². The van der Waals surface area contributed by atoms with E-state index >= 15 is 0 Å². The predicted molar refractivity (Wildman–Crippen MR) is 82.5 cm³/mol. The van der Waals surface area contributed by atoms with E-state index in [0.29, 0.717) is 6.54 Å². The average Bonchev–Trinajstić information content (AvgIpc) is 2.40. The van der Waals surface area contributed by atoms with Gasteiger partial charge in [-0.25, -0.2) is 0 Å². The van der Waals surface area contributed by atoms with Crippen LogP contribution in [0.25, 0.3) is 0 Å². The third kappa shape index (κ3) is 3.24. The Bertz CT molecular complexity index is 506. The second-order valence-electron chi connectivity index (χ2n) is 6.07. The highest BCUT2D eigenvalue weighted by Gasteiger charge is 2.16. The molecule has 1 unspecified atom stereocenters. The summed E-state index contributed by atoms with van der Waals surface area (Å²) >= 11 is 0. The minimum atomic E-state index is 0.198. The molecule has 2 N–H and O–H groups in total. The molecule has 0 aromatic heterocycles. The van der Waals surface area contributed by atoms with E-state index < -0.39 is 0 Å². The minimum Gasteiger partial charge on any atom is -0.330 e. The van der Waals surface area contributed by atoms with Crippen molar-refractivity contribution in [3.8, 4) is 0 Å². The summed E-state index contributed by atoms with van der Waals surface area (Å²) in [4.78, 5) is 0. The van der Waals surface area contributed by atoms with Gasteiger partial charge in [0.1, 0.15) is 0 Å². The number of hydrogen-bond acceptors (Lipinski definition) is 1. The smallest absolute Gasteiger partial charge is 0.0212 e. The number of hydrogen-bond donors (Lipinski definition) is 1. The van der Waals surface area contributed by atoms with Crippen LogP contribution >= 0.6 is 0 Å². The molecule has 0 aliphatic rings. The monoisotopic (exact) mass is 253 g/mol. The molecule has 0 aliphatic carbocycles. The summed E-state index contributed by atoms with van der Waals surface area (Å²) in [6.45, 7) is 7.34. The number of nitrogens with two attached hydrogens (primary N) is 1. The quantitative estimate of drug-likeness (QED) is 0.876. The number of rotatable bonds is 3. The molecular weight excluding hydrogens is 230 g/mol. The lowest BCUT2D eigenvalue weighted by atomic mass is 9.84. The molecule has 1 heteroatoms. The second kappa shape index (κ2) is 5.58. The van der Waals surface area contributed by atoms with Gasteiger partial charge in [0.25, 0.3) is 0 Å². The molecule has 100 valence electrons. The highest BCUT2D eigenvalue weighted by molar-refractivity contribution is 5.36. The van der Waals surface area contributed by atoms with Crippen LogP contribution in [0.4, 0.5) is 0 Å². The van der Waals surface area contributed by atoms with Crippen LogP contribution in [0.3, 0.4) is 0 Å². The Morgan fingerprint density at radius 1 is 0.842 bits per heavy atom. The molecule has 0 heterocycles. The molecule has 0 bridgehead atoms. The third-order valence-electron chi connectivity index (χ3n) is 3.62. The summed E-state index contributed by atoms with van der Waals surface area (Å²) in [5, 5.41) is 0. The van der Waals surface area contributed by atoms with Crippen LogP contribution in [-0.2, 0) is 5.41 Å². The normalized spacial score (nSPS) is 13.3. The lowest BCUT2D eigenvalue weighted by Gasteiger charge is -2.21. The van der Waals surface area contributed by atoms with Crippen LogP contribution in [0.2, 0.25) is 0 Å². The van der Waals surface area contributed by atoms with Gasteiger partial charge in [0, 0.05) is 12.5 Å². The fourth-order valence-corrected chi connectivity index (χ4v) is 2.37. The van der Waals surface area contributed by atoms with Gasteiger partial charge in [-0.3, -0.25) is 0 Å². The molecule has 1 nitrogen and oxygen atoms in total. The Morgan fingerprint density at radius 3 is 1.84 bits per heavy atom. The first-order valence-electron chi connectivity index (χ1n) is 6.88. The van der Waals surface area contributed by atoms with Crippen LogP contribution in [-0.4, -0.2) is 6.54 Å². The maximum atomic E-state index is 5.96. The maximum absolute atomic E-state index is 5.96. The zero-order chi connectivity index (χ0) is 13.9. The lowest BCUT2D eigenvalue weighted by Crippen LogP contribution is -2.15. The molecular formula is C18H23N. The fraction of sp³-hybridized carbons (Fsp3) is 0.333. The Hall–Kier alpha value is -1.60. The number of benzene rings is 2. The predicted octanol–water partition coefficient (Wildman–Crippen LogP) is 4.07. The first-order chi connectivity index (χ1) is 9.02. The van der Waals surface area contributed by atoms with Crippen molar-refractivity contribution in [1.82, 2.24) is 0 Å². The zero-order valence-electron chi connectivity index (χ0n) is 12.1. The Morgan fingerprint density at radius 2 is 1.37 bits per heavy atom. The second-order valence-corrected chi connectivity index (χ2v) is 6.07. The van der Waals surface area contributed by atoms with Crippen molar-refractivity contribution < 1.29 is 0 Å². The molecule has 0 fully saturated rings. The molecule has 2 rings (SSSR count). The largest absolute Gasteiger partial charge is 0.330 e. The van der Waals surface area contributed by atoms with Gasteiger partial charge in [0.05, 0.1) is 0 Å². The van der Waals surface area contributed by atoms with Crippen molar-refractivity contribution in [3.63, 3.8) is 0 Å². The van der Waals surface area contributed by atoms with Gasteiger partial charge in [-0.05, 0) is 22.1 Å². The first kappa shape index (κ1) is 13.8. The van der Waals surface area contributed by atoms with Crippen molar-refractivity contribution in [1.29, 1.82) is 0 Å². The van der Waals surface area contributed by atoms with Crippen LogP contribution in [0.15, 0.2) is 54.6 Å². The van der Waals surface area contributed by atoms with Crippen molar-refractivity contribution in [2.75, 3.05) is 6.54 Å². The molecule has 0 aliphatic heterocycles. The molecule has 0 saturated carbocycles. The van der Waals surface area contributed by atoms with Crippen molar-refractivity contribution in [2.45, 2.75) is 32.1 Å². The van der Waals surface area contributed by atoms with Crippen molar-refractivity contribution in [2.24, 2.45) is 5.73 Å². The summed E-state index contributed by atoms with van der Waals surface area (Å²) in [6.07, 6.45) is 0. The van der Waals surface area contributed by atoms with Crippen LogP contribution in [0.5, 0.6) is 0 Å².